The van der Waals surface area contributed by atoms with Gasteiger partial charge in [0.2, 0.25) is 5.91 Å². The fraction of sp³-hybridized carbons (Fsp3) is 0.296. The second-order valence-electron chi connectivity index (χ2n) is 8.63. The van der Waals surface area contributed by atoms with Crippen molar-refractivity contribution < 1.29 is 23.5 Å². The second-order valence-corrected chi connectivity index (χ2v) is 8.63. The van der Waals surface area contributed by atoms with Crippen molar-refractivity contribution in [3.63, 3.8) is 0 Å². The summed E-state index contributed by atoms with van der Waals surface area (Å²) in [4.78, 5) is 27.6. The summed E-state index contributed by atoms with van der Waals surface area (Å²) in [5.74, 6) is 3.50. The summed E-state index contributed by atoms with van der Waals surface area (Å²) in [6.45, 7) is 2.29. The number of phenols is 1. The number of likely N-dealkylation sites (tertiary alicyclic amines) is 1. The van der Waals surface area contributed by atoms with Crippen LogP contribution in [0.4, 0.5) is 14.6 Å². The second kappa shape index (κ2) is 11.0. The number of hydrogen-bond acceptors (Lipinski definition) is 4. The van der Waals surface area contributed by atoms with E-state index in [1.807, 2.05) is 0 Å². The van der Waals surface area contributed by atoms with Gasteiger partial charge in [0.25, 0.3) is 5.91 Å². The Balaban J connectivity index is 1.49. The molecule has 1 fully saturated rings. The number of carbonyl (C=O) groups excluding carboxylic acids is 2. The van der Waals surface area contributed by atoms with Crippen LogP contribution >= 0.6 is 0 Å². The molecule has 36 heavy (non-hydrogen) atoms. The van der Waals surface area contributed by atoms with E-state index in [-0.39, 0.29) is 35.9 Å². The molecule has 0 radical (unpaired) electrons. The van der Waals surface area contributed by atoms with E-state index in [1.165, 1.54) is 0 Å². The van der Waals surface area contributed by atoms with E-state index in [9.17, 15) is 23.5 Å². The van der Waals surface area contributed by atoms with E-state index >= 15 is 0 Å². The first-order valence-corrected chi connectivity index (χ1v) is 11.7. The van der Waals surface area contributed by atoms with Gasteiger partial charge >= 0.3 is 0 Å². The van der Waals surface area contributed by atoms with Gasteiger partial charge in [-0.25, -0.2) is 8.78 Å². The van der Waals surface area contributed by atoms with E-state index in [0.29, 0.717) is 18.7 Å². The number of rotatable bonds is 6. The Bertz CT molecular complexity index is 1310. The van der Waals surface area contributed by atoms with Gasteiger partial charge in [0.15, 0.2) is 5.82 Å². The van der Waals surface area contributed by atoms with Gasteiger partial charge in [0.1, 0.15) is 17.4 Å². The van der Waals surface area contributed by atoms with Crippen molar-refractivity contribution in [1.82, 2.24) is 15.1 Å². The SMILES string of the molecule is CC#C[C@@H](CC(=O)N1CCCCC1c1cc(NC(=O)c2cc(F)ccc2F)n[nH]1)c1ccc(O)cc1. The summed E-state index contributed by atoms with van der Waals surface area (Å²) in [5.41, 5.74) is 1.06. The summed E-state index contributed by atoms with van der Waals surface area (Å²) in [6, 6.07) is 10.6. The van der Waals surface area contributed by atoms with Gasteiger partial charge in [-0.1, -0.05) is 18.1 Å². The fourth-order valence-corrected chi connectivity index (χ4v) is 4.40. The van der Waals surface area contributed by atoms with Crippen molar-refractivity contribution in [3.8, 4) is 17.6 Å². The minimum absolute atomic E-state index is 0.0671. The maximum Gasteiger partial charge on any atom is 0.259 e. The van der Waals surface area contributed by atoms with Crippen LogP contribution < -0.4 is 5.32 Å². The molecule has 1 unspecified atom stereocenters. The van der Waals surface area contributed by atoms with E-state index in [0.717, 1.165) is 36.6 Å². The number of piperidine rings is 1. The first-order chi connectivity index (χ1) is 17.4. The number of phenolic OH excluding ortho intramolecular Hbond substituents is 1. The van der Waals surface area contributed by atoms with Crippen LogP contribution in [0.1, 0.15) is 66.2 Å². The molecule has 0 bridgehead atoms. The number of anilines is 1. The molecule has 1 aliphatic rings. The van der Waals surface area contributed by atoms with E-state index < -0.39 is 23.1 Å². The quantitative estimate of drug-likeness (QED) is 0.427. The monoisotopic (exact) mass is 492 g/mol. The lowest BCUT2D eigenvalue weighted by Crippen LogP contribution is -2.39. The number of aromatic amines is 1. The zero-order valence-electron chi connectivity index (χ0n) is 19.7. The predicted octanol–water partition coefficient (Wildman–Crippen LogP) is 4.90. The molecular formula is C27H26F2N4O3. The lowest BCUT2D eigenvalue weighted by atomic mass is 9.93. The molecule has 7 nitrogen and oxygen atoms in total. The maximum absolute atomic E-state index is 13.9. The molecular weight excluding hydrogens is 466 g/mol. The van der Waals surface area contributed by atoms with Crippen molar-refractivity contribution in [2.45, 2.75) is 44.6 Å². The van der Waals surface area contributed by atoms with Gasteiger partial charge in [0.05, 0.1) is 23.2 Å². The molecule has 2 amide bonds. The van der Waals surface area contributed by atoms with Crippen LogP contribution in [0.3, 0.4) is 0 Å². The molecule has 0 aliphatic carbocycles. The molecule has 0 saturated carbocycles. The molecule has 9 heteroatoms. The Kier molecular flexibility index (Phi) is 7.64. The molecule has 0 spiro atoms. The number of H-pyrrole nitrogens is 1. The normalized spacial score (nSPS) is 16.1. The highest BCUT2D eigenvalue weighted by atomic mass is 19.1. The highest BCUT2D eigenvalue weighted by Crippen LogP contribution is 2.33. The Labute approximate surface area is 207 Å². The highest BCUT2D eigenvalue weighted by molar-refractivity contribution is 6.04. The van der Waals surface area contributed by atoms with Crippen LogP contribution in [-0.2, 0) is 4.79 Å². The standard InChI is InChI=1S/C27H26F2N4O3/c1-2-5-18(17-7-10-20(34)11-8-17)14-26(35)33-13-4-3-6-24(33)23-16-25(32-31-23)30-27(36)21-15-19(28)9-12-22(21)29/h7-12,15-16,18,24,34H,3-4,6,13-14H2,1H3,(H2,30,31,32,36)/t18-,24?/m0/s1. The topological polar surface area (TPSA) is 98.3 Å². The summed E-state index contributed by atoms with van der Waals surface area (Å²) in [7, 11) is 0. The van der Waals surface area contributed by atoms with Crippen LogP contribution in [0, 0.1) is 23.5 Å². The molecule has 3 aromatic rings. The summed E-state index contributed by atoms with van der Waals surface area (Å²) in [6.07, 6.45) is 2.67. The summed E-state index contributed by atoms with van der Waals surface area (Å²) >= 11 is 0. The zero-order chi connectivity index (χ0) is 25.7. The molecule has 186 valence electrons. The van der Waals surface area contributed by atoms with E-state index in [1.54, 1.807) is 42.2 Å². The average molecular weight is 493 g/mol. The van der Waals surface area contributed by atoms with Crippen LogP contribution in [-0.4, -0.2) is 38.6 Å². The van der Waals surface area contributed by atoms with Gasteiger partial charge in [-0.3, -0.25) is 14.7 Å². The van der Waals surface area contributed by atoms with Crippen molar-refractivity contribution >= 4 is 17.6 Å². The van der Waals surface area contributed by atoms with Gasteiger partial charge in [0, 0.05) is 19.0 Å². The van der Waals surface area contributed by atoms with Crippen LogP contribution in [0.15, 0.2) is 48.5 Å². The van der Waals surface area contributed by atoms with Gasteiger partial charge in [-0.2, -0.15) is 5.10 Å². The molecule has 1 saturated heterocycles. The third kappa shape index (κ3) is 5.71. The largest absolute Gasteiger partial charge is 0.508 e. The first kappa shape index (κ1) is 24.9. The minimum Gasteiger partial charge on any atom is -0.508 e. The molecule has 1 aliphatic heterocycles. The Morgan fingerprint density at radius 1 is 1.19 bits per heavy atom. The Morgan fingerprint density at radius 3 is 2.72 bits per heavy atom. The Hall–Kier alpha value is -4.19. The molecule has 3 N–H and O–H groups in total. The third-order valence-corrected chi connectivity index (χ3v) is 6.19. The van der Waals surface area contributed by atoms with Gasteiger partial charge < -0.3 is 15.3 Å². The van der Waals surface area contributed by atoms with E-state index in [2.05, 4.69) is 27.4 Å². The predicted molar refractivity (Wildman–Crippen MR) is 130 cm³/mol. The Morgan fingerprint density at radius 2 is 1.97 bits per heavy atom. The highest BCUT2D eigenvalue weighted by Gasteiger charge is 2.31. The number of aromatic hydroxyl groups is 1. The molecule has 4 rings (SSSR count). The lowest BCUT2D eigenvalue weighted by Gasteiger charge is -2.35. The number of amides is 2. The van der Waals surface area contributed by atoms with Crippen molar-refractivity contribution in [2.75, 3.05) is 11.9 Å². The van der Waals surface area contributed by atoms with Crippen LogP contribution in [0.5, 0.6) is 5.75 Å². The number of benzene rings is 2. The minimum atomic E-state index is -0.841. The average Bonchev–Trinajstić information content (AvgIpc) is 3.34. The van der Waals surface area contributed by atoms with E-state index in [4.69, 9.17) is 0 Å². The van der Waals surface area contributed by atoms with Gasteiger partial charge in [-0.05, 0) is 62.1 Å². The molecule has 2 atom stereocenters. The number of aromatic nitrogens is 2. The first-order valence-electron chi connectivity index (χ1n) is 11.7. The number of nitrogens with one attached hydrogen (secondary N) is 2. The number of halogens is 2. The number of carbonyl (C=O) groups is 2. The zero-order valence-corrected chi connectivity index (χ0v) is 19.7. The smallest absolute Gasteiger partial charge is 0.259 e. The fourth-order valence-electron chi connectivity index (χ4n) is 4.40. The van der Waals surface area contributed by atoms with Crippen molar-refractivity contribution in [2.24, 2.45) is 0 Å². The van der Waals surface area contributed by atoms with Crippen LogP contribution in [0.25, 0.3) is 0 Å². The number of nitrogens with zero attached hydrogens (tertiary/aromatic N) is 2. The van der Waals surface area contributed by atoms with Crippen molar-refractivity contribution in [3.05, 3.63) is 77.0 Å². The maximum atomic E-state index is 13.9. The molecule has 2 heterocycles. The summed E-state index contributed by atoms with van der Waals surface area (Å²) < 4.78 is 27.4. The molecule has 1 aromatic heterocycles. The van der Waals surface area contributed by atoms with Crippen LogP contribution in [0.2, 0.25) is 0 Å². The van der Waals surface area contributed by atoms with Crippen molar-refractivity contribution in [1.29, 1.82) is 0 Å². The number of hydrogen-bond donors (Lipinski definition) is 3. The van der Waals surface area contributed by atoms with Gasteiger partial charge in [-0.15, -0.1) is 5.92 Å². The third-order valence-electron chi connectivity index (χ3n) is 6.19. The summed E-state index contributed by atoms with van der Waals surface area (Å²) in [5, 5.41) is 19.0. The molecule has 2 aromatic carbocycles. The lowest BCUT2D eigenvalue weighted by molar-refractivity contribution is -0.135.